The lowest BCUT2D eigenvalue weighted by Crippen LogP contribution is -2.13. The summed E-state index contributed by atoms with van der Waals surface area (Å²) in [6.45, 7) is 8.20. The zero-order chi connectivity index (χ0) is 22.4. The van der Waals surface area contributed by atoms with Crippen molar-refractivity contribution in [3.8, 4) is 23.1 Å². The average molecular weight is 432 g/mol. The molecule has 1 heterocycles. The highest BCUT2D eigenvalue weighted by atomic mass is 32.1. The first-order valence-electron chi connectivity index (χ1n) is 10.1. The molecule has 0 aliphatic carbocycles. The molecule has 158 valence electrons. The van der Waals surface area contributed by atoms with Gasteiger partial charge in [0.15, 0.2) is 5.13 Å². The zero-order valence-electron chi connectivity index (χ0n) is 18.0. The van der Waals surface area contributed by atoms with Gasteiger partial charge in [-0.3, -0.25) is 10.1 Å². The van der Waals surface area contributed by atoms with Crippen molar-refractivity contribution in [1.29, 1.82) is 5.26 Å². The van der Waals surface area contributed by atoms with Gasteiger partial charge in [-0.15, -0.1) is 11.3 Å². The lowest BCUT2D eigenvalue weighted by atomic mass is 10.0. The molecule has 3 rings (SSSR count). The molecule has 5 nitrogen and oxygen atoms in total. The fourth-order valence-corrected chi connectivity index (χ4v) is 3.61. The molecule has 1 N–H and O–H groups in total. The summed E-state index contributed by atoms with van der Waals surface area (Å²) in [5.74, 6) is 0.750. The number of carbonyl (C=O) groups excluding carboxylic acids is 1. The van der Waals surface area contributed by atoms with Crippen LogP contribution in [0.15, 0.2) is 59.5 Å². The van der Waals surface area contributed by atoms with Crippen LogP contribution in [0.1, 0.15) is 44.7 Å². The third-order valence-corrected chi connectivity index (χ3v) is 5.28. The summed E-state index contributed by atoms with van der Waals surface area (Å²) in [6, 6.07) is 17.5. The molecule has 0 radical (unpaired) electrons. The van der Waals surface area contributed by atoms with Gasteiger partial charge in [-0.2, -0.15) is 5.26 Å². The summed E-state index contributed by atoms with van der Waals surface area (Å²) in [6.07, 6.45) is 1.70. The number of nitrogens with zero attached hydrogens (tertiary/aromatic N) is 2. The van der Waals surface area contributed by atoms with Crippen molar-refractivity contribution < 1.29 is 9.53 Å². The fourth-order valence-electron chi connectivity index (χ4n) is 2.90. The van der Waals surface area contributed by atoms with E-state index in [-0.39, 0.29) is 11.7 Å². The molecule has 0 fully saturated rings. The van der Waals surface area contributed by atoms with Gasteiger partial charge in [-0.1, -0.05) is 38.1 Å². The van der Waals surface area contributed by atoms with Crippen LogP contribution in [-0.2, 0) is 4.79 Å². The van der Waals surface area contributed by atoms with Gasteiger partial charge in [-0.25, -0.2) is 4.98 Å². The van der Waals surface area contributed by atoms with Crippen molar-refractivity contribution in [2.45, 2.75) is 39.7 Å². The Morgan fingerprint density at radius 1 is 1.10 bits per heavy atom. The Balaban J connectivity index is 1.70. The highest BCUT2D eigenvalue weighted by Crippen LogP contribution is 2.27. The molecule has 3 aromatic rings. The van der Waals surface area contributed by atoms with Crippen LogP contribution >= 0.6 is 11.3 Å². The maximum atomic E-state index is 12.6. The third kappa shape index (κ3) is 6.03. The standard InChI is InChI=1S/C25H25N3O2S/c1-16(2)19-7-5-18(6-8-19)13-21(14-26)24(29)28-25-27-23(15-31-25)20-9-11-22(12-10-20)30-17(3)4/h5-13,15-17H,1-4H3,(H,27,28,29)/b21-13+. The summed E-state index contributed by atoms with van der Waals surface area (Å²) in [5, 5.41) is 14.5. The van der Waals surface area contributed by atoms with E-state index in [9.17, 15) is 10.1 Å². The molecule has 6 heteroatoms. The minimum Gasteiger partial charge on any atom is -0.491 e. The van der Waals surface area contributed by atoms with E-state index >= 15 is 0 Å². The zero-order valence-corrected chi connectivity index (χ0v) is 18.9. The summed E-state index contributed by atoms with van der Waals surface area (Å²) < 4.78 is 5.66. The van der Waals surface area contributed by atoms with Crippen LogP contribution in [0.3, 0.4) is 0 Å². The highest BCUT2D eigenvalue weighted by molar-refractivity contribution is 7.14. The van der Waals surface area contributed by atoms with E-state index in [0.717, 1.165) is 22.6 Å². The summed E-state index contributed by atoms with van der Waals surface area (Å²) in [7, 11) is 0. The second-order valence-electron chi connectivity index (χ2n) is 7.67. The van der Waals surface area contributed by atoms with Gasteiger partial charge < -0.3 is 4.74 Å². The highest BCUT2D eigenvalue weighted by Gasteiger charge is 2.13. The minimum absolute atomic E-state index is 0.0317. The van der Waals surface area contributed by atoms with Crippen LogP contribution in [-0.4, -0.2) is 17.0 Å². The molecule has 0 bridgehead atoms. The first kappa shape index (κ1) is 22.3. The number of aromatic nitrogens is 1. The monoisotopic (exact) mass is 431 g/mol. The number of ether oxygens (including phenoxy) is 1. The Bertz CT molecular complexity index is 1100. The van der Waals surface area contributed by atoms with Gasteiger partial charge in [-0.05, 0) is 61.2 Å². The van der Waals surface area contributed by atoms with Crippen molar-refractivity contribution in [3.05, 3.63) is 70.6 Å². The topological polar surface area (TPSA) is 75.0 Å². The van der Waals surface area contributed by atoms with Crippen molar-refractivity contribution in [2.24, 2.45) is 0 Å². The SMILES string of the molecule is CC(C)Oc1ccc(-c2csc(NC(=O)/C(C#N)=C/c3ccc(C(C)C)cc3)n2)cc1. The first-order chi connectivity index (χ1) is 14.9. The molecule has 2 aromatic carbocycles. The lowest BCUT2D eigenvalue weighted by Gasteiger charge is -2.09. The largest absolute Gasteiger partial charge is 0.491 e. The number of nitriles is 1. The predicted molar refractivity (Wildman–Crippen MR) is 126 cm³/mol. The minimum atomic E-state index is -0.475. The van der Waals surface area contributed by atoms with Crippen LogP contribution in [0.25, 0.3) is 17.3 Å². The Morgan fingerprint density at radius 2 is 1.77 bits per heavy atom. The van der Waals surface area contributed by atoms with E-state index in [1.54, 1.807) is 6.08 Å². The Hall–Kier alpha value is -3.43. The summed E-state index contributed by atoms with van der Waals surface area (Å²) in [5.41, 5.74) is 3.72. The maximum absolute atomic E-state index is 12.6. The molecule has 0 aliphatic rings. The van der Waals surface area contributed by atoms with Crippen LogP contribution in [0.2, 0.25) is 0 Å². The number of nitrogens with one attached hydrogen (secondary N) is 1. The second kappa shape index (κ2) is 10.1. The van der Waals surface area contributed by atoms with Gasteiger partial charge in [0.25, 0.3) is 5.91 Å². The molecule has 0 spiro atoms. The number of anilines is 1. The molecule has 0 unspecified atom stereocenters. The quantitative estimate of drug-likeness (QED) is 0.353. The maximum Gasteiger partial charge on any atom is 0.268 e. The first-order valence-corrected chi connectivity index (χ1v) is 11.0. The molecule has 0 atom stereocenters. The number of hydrogen-bond donors (Lipinski definition) is 1. The number of hydrogen-bond acceptors (Lipinski definition) is 5. The van der Waals surface area contributed by atoms with Crippen LogP contribution in [0.4, 0.5) is 5.13 Å². The molecule has 31 heavy (non-hydrogen) atoms. The van der Waals surface area contributed by atoms with Crippen LogP contribution in [0.5, 0.6) is 5.75 Å². The molecular weight excluding hydrogens is 406 g/mol. The van der Waals surface area contributed by atoms with Gasteiger partial charge in [0.05, 0.1) is 11.8 Å². The van der Waals surface area contributed by atoms with E-state index < -0.39 is 5.91 Å². The van der Waals surface area contributed by atoms with Crippen molar-refractivity contribution in [2.75, 3.05) is 5.32 Å². The number of thiazole rings is 1. The Morgan fingerprint density at radius 3 is 2.35 bits per heavy atom. The molecule has 0 saturated carbocycles. The van der Waals surface area contributed by atoms with Gasteiger partial charge in [0, 0.05) is 10.9 Å². The molecule has 1 amide bonds. The van der Waals surface area contributed by atoms with Crippen molar-refractivity contribution in [3.63, 3.8) is 0 Å². The number of benzene rings is 2. The van der Waals surface area contributed by atoms with E-state index in [1.165, 1.54) is 16.9 Å². The van der Waals surface area contributed by atoms with E-state index in [0.29, 0.717) is 11.0 Å². The molecule has 1 aromatic heterocycles. The molecule has 0 saturated heterocycles. The number of amides is 1. The van der Waals surface area contributed by atoms with Crippen molar-refractivity contribution in [1.82, 2.24) is 4.98 Å². The van der Waals surface area contributed by atoms with Gasteiger partial charge in [0.1, 0.15) is 17.4 Å². The second-order valence-corrected chi connectivity index (χ2v) is 8.53. The third-order valence-electron chi connectivity index (χ3n) is 4.53. The average Bonchev–Trinajstić information content (AvgIpc) is 3.20. The Labute approximate surface area is 187 Å². The van der Waals surface area contributed by atoms with E-state index in [1.807, 2.05) is 73.8 Å². The van der Waals surface area contributed by atoms with E-state index in [4.69, 9.17) is 4.74 Å². The number of rotatable bonds is 7. The lowest BCUT2D eigenvalue weighted by molar-refractivity contribution is -0.112. The smallest absolute Gasteiger partial charge is 0.268 e. The van der Waals surface area contributed by atoms with Crippen LogP contribution in [0, 0.1) is 11.3 Å². The predicted octanol–water partition coefficient (Wildman–Crippen LogP) is 6.27. The van der Waals surface area contributed by atoms with Crippen LogP contribution < -0.4 is 10.1 Å². The normalized spacial score (nSPS) is 11.5. The van der Waals surface area contributed by atoms with Gasteiger partial charge >= 0.3 is 0 Å². The molecular formula is C25H25N3O2S. The Kier molecular flexibility index (Phi) is 7.22. The fraction of sp³-hybridized carbons (Fsp3) is 0.240. The summed E-state index contributed by atoms with van der Waals surface area (Å²) in [4.78, 5) is 17.0. The van der Waals surface area contributed by atoms with Crippen molar-refractivity contribution >= 4 is 28.5 Å². The molecule has 0 aliphatic heterocycles. The van der Waals surface area contributed by atoms with Gasteiger partial charge in [0.2, 0.25) is 0 Å². The summed E-state index contributed by atoms with van der Waals surface area (Å²) >= 11 is 1.32. The van der Waals surface area contributed by atoms with E-state index in [2.05, 4.69) is 24.1 Å². The number of carbonyl (C=O) groups is 1.